The number of ether oxygens (including phenoxy) is 1. The monoisotopic (exact) mass is 477 g/mol. The molecule has 3 aromatic rings. The van der Waals surface area contributed by atoms with Crippen LogP contribution in [0, 0.1) is 0 Å². The van der Waals surface area contributed by atoms with E-state index >= 15 is 0 Å². The second kappa shape index (κ2) is 10.3. The number of aromatic nitrogens is 3. The Balaban J connectivity index is 1.84. The van der Waals surface area contributed by atoms with Crippen LogP contribution in [0.1, 0.15) is 47.4 Å². The number of nitrogens with zero attached hydrogens (tertiary/aromatic N) is 4. The molecule has 9 nitrogen and oxygen atoms in total. The Bertz CT molecular complexity index is 1350. The number of Topliss-reactive ketones (excluding diaryl/α,β-unsaturated/α-hetero) is 1. The number of benzene rings is 1. The third-order valence-corrected chi connectivity index (χ3v) is 6.30. The van der Waals surface area contributed by atoms with E-state index in [0.717, 1.165) is 31.2 Å². The van der Waals surface area contributed by atoms with Gasteiger partial charge in [-0.25, -0.2) is 4.98 Å². The van der Waals surface area contributed by atoms with Gasteiger partial charge in [-0.1, -0.05) is 23.8 Å². The number of carbonyl (C=O) groups excluding carboxylic acids is 2. The molecular formula is C26H31N5O4. The van der Waals surface area contributed by atoms with Crippen LogP contribution < -0.4 is 20.9 Å². The lowest BCUT2D eigenvalue weighted by atomic mass is 10.1. The summed E-state index contributed by atoms with van der Waals surface area (Å²) in [4.78, 5) is 45.4. The zero-order valence-electron chi connectivity index (χ0n) is 20.4. The van der Waals surface area contributed by atoms with Gasteiger partial charge in [-0.2, -0.15) is 0 Å². The Kier molecular flexibility index (Phi) is 7.16. The molecule has 184 valence electrons. The summed E-state index contributed by atoms with van der Waals surface area (Å²) in [6.07, 6.45) is 5.91. The summed E-state index contributed by atoms with van der Waals surface area (Å²) in [5, 5.41) is 0. The van der Waals surface area contributed by atoms with E-state index in [4.69, 9.17) is 10.5 Å². The Hall–Kier alpha value is -3.72. The van der Waals surface area contributed by atoms with Crippen LogP contribution in [0.3, 0.4) is 0 Å². The van der Waals surface area contributed by atoms with Gasteiger partial charge >= 0.3 is 0 Å². The fraction of sp³-hybridized carbons (Fsp3) is 0.385. The van der Waals surface area contributed by atoms with Gasteiger partial charge < -0.3 is 19.9 Å². The predicted molar refractivity (Wildman–Crippen MR) is 136 cm³/mol. The molecule has 1 aliphatic heterocycles. The molecule has 2 N–H and O–H groups in total. The molecule has 4 rings (SSSR count). The Morgan fingerprint density at radius 1 is 1.31 bits per heavy atom. The van der Waals surface area contributed by atoms with E-state index < -0.39 is 0 Å². The third kappa shape index (κ3) is 4.90. The Labute approximate surface area is 203 Å². The van der Waals surface area contributed by atoms with Gasteiger partial charge in [0.15, 0.2) is 12.1 Å². The molecule has 0 bridgehead atoms. The van der Waals surface area contributed by atoms with Crippen LogP contribution in [0.15, 0.2) is 47.0 Å². The van der Waals surface area contributed by atoms with Crippen LogP contribution in [0.4, 0.5) is 5.82 Å². The summed E-state index contributed by atoms with van der Waals surface area (Å²) in [5.74, 6) is 0.976. The first-order chi connectivity index (χ1) is 16.8. The van der Waals surface area contributed by atoms with E-state index in [9.17, 15) is 14.4 Å². The summed E-state index contributed by atoms with van der Waals surface area (Å²) < 4.78 is 8.34. The van der Waals surface area contributed by atoms with E-state index in [2.05, 4.69) is 9.88 Å². The molecule has 0 saturated carbocycles. The number of anilines is 1. The van der Waals surface area contributed by atoms with Gasteiger partial charge in [-0.3, -0.25) is 19.0 Å². The number of methoxy groups -OCH3 is 1. The quantitative estimate of drug-likeness (QED) is 0.302. The lowest BCUT2D eigenvalue weighted by Gasteiger charge is -2.33. The first kappa shape index (κ1) is 24.4. The maximum absolute atomic E-state index is 13.7. The van der Waals surface area contributed by atoms with E-state index in [0.29, 0.717) is 46.8 Å². The number of piperidine rings is 1. The molecule has 0 amide bonds. The Morgan fingerprint density at radius 3 is 2.80 bits per heavy atom. The number of carbonyl (C=O) groups is 2. The molecule has 1 atom stereocenters. The second-order valence-electron chi connectivity index (χ2n) is 9.13. The van der Waals surface area contributed by atoms with E-state index in [1.165, 1.54) is 18.0 Å². The molecule has 2 aromatic heterocycles. The van der Waals surface area contributed by atoms with Crippen molar-refractivity contribution in [2.24, 2.45) is 5.73 Å². The summed E-state index contributed by atoms with van der Waals surface area (Å²) in [7, 11) is 1.53. The van der Waals surface area contributed by atoms with Gasteiger partial charge in [0.25, 0.3) is 5.56 Å². The van der Waals surface area contributed by atoms with E-state index in [-0.39, 0.29) is 23.9 Å². The van der Waals surface area contributed by atoms with Crippen molar-refractivity contribution in [3.8, 4) is 5.75 Å². The normalized spacial score (nSPS) is 15.8. The van der Waals surface area contributed by atoms with Crippen molar-refractivity contribution >= 4 is 28.9 Å². The maximum atomic E-state index is 13.7. The minimum atomic E-state index is -0.371. The number of nitrogens with two attached hydrogens (primary N) is 1. The number of aldehydes is 1. The minimum absolute atomic E-state index is 0.0109. The highest BCUT2D eigenvalue weighted by molar-refractivity contribution is 6.02. The lowest BCUT2D eigenvalue weighted by Crippen LogP contribution is -2.44. The molecule has 0 unspecified atom stereocenters. The number of hydrogen-bond donors (Lipinski definition) is 1. The maximum Gasteiger partial charge on any atom is 0.278 e. The summed E-state index contributed by atoms with van der Waals surface area (Å²) in [5.41, 5.74) is 8.39. The van der Waals surface area contributed by atoms with Gasteiger partial charge in [0.2, 0.25) is 0 Å². The number of rotatable bonds is 8. The molecule has 0 radical (unpaired) electrons. The fourth-order valence-electron chi connectivity index (χ4n) is 4.53. The molecule has 1 fully saturated rings. The number of fused-ring (bicyclic) bond motifs is 1. The molecule has 0 spiro atoms. The molecular weight excluding hydrogens is 446 g/mol. The van der Waals surface area contributed by atoms with Gasteiger partial charge in [0, 0.05) is 31.2 Å². The average Bonchev–Trinajstić information content (AvgIpc) is 3.18. The van der Waals surface area contributed by atoms with E-state index in [1.54, 1.807) is 24.3 Å². The average molecular weight is 478 g/mol. The number of hydrogen-bond acceptors (Lipinski definition) is 7. The van der Waals surface area contributed by atoms with Gasteiger partial charge in [-0.05, 0) is 38.8 Å². The van der Waals surface area contributed by atoms with Crippen LogP contribution >= 0.6 is 0 Å². The zero-order chi connectivity index (χ0) is 25.1. The van der Waals surface area contributed by atoms with E-state index in [1.807, 2.05) is 24.5 Å². The summed E-state index contributed by atoms with van der Waals surface area (Å²) >= 11 is 0. The van der Waals surface area contributed by atoms with Gasteiger partial charge in [0.05, 0.1) is 25.5 Å². The SMILES string of the molecule is COc1cccc(C(=O)Cn2cnc3c(C=O)c(N4CCC[C@H](N)C4)n(CC=C(C)C)c3c2=O)c1. The molecule has 35 heavy (non-hydrogen) atoms. The second-order valence-corrected chi connectivity index (χ2v) is 9.13. The topological polar surface area (TPSA) is 112 Å². The first-order valence-electron chi connectivity index (χ1n) is 11.7. The minimum Gasteiger partial charge on any atom is -0.497 e. The first-order valence-corrected chi connectivity index (χ1v) is 11.7. The largest absolute Gasteiger partial charge is 0.497 e. The standard InChI is InChI=1S/C26H31N5O4/c1-17(2)9-11-31-24-23(21(15-32)25(31)29-10-5-7-19(27)13-29)28-16-30(26(24)34)14-22(33)18-6-4-8-20(12-18)35-3/h4,6,8-9,12,15-16,19H,5,7,10-11,13-14,27H2,1-3H3/t19-/m0/s1. The van der Waals surface area contributed by atoms with Crippen molar-refractivity contribution in [3.63, 3.8) is 0 Å². The van der Waals surface area contributed by atoms with Crippen molar-refractivity contribution < 1.29 is 14.3 Å². The number of allylic oxidation sites excluding steroid dienone is 2. The molecule has 1 aliphatic rings. The lowest BCUT2D eigenvalue weighted by molar-refractivity contribution is 0.0970. The van der Waals surface area contributed by atoms with Crippen LogP contribution in [-0.2, 0) is 13.1 Å². The molecule has 3 heterocycles. The molecule has 1 aromatic carbocycles. The Morgan fingerprint density at radius 2 is 2.11 bits per heavy atom. The molecule has 9 heteroatoms. The molecule has 0 aliphatic carbocycles. The highest BCUT2D eigenvalue weighted by Crippen LogP contribution is 2.31. The van der Waals surface area contributed by atoms with Crippen LogP contribution in [0.25, 0.3) is 11.0 Å². The van der Waals surface area contributed by atoms with Gasteiger partial charge in [-0.15, -0.1) is 0 Å². The molecule has 1 saturated heterocycles. The third-order valence-electron chi connectivity index (χ3n) is 6.30. The van der Waals surface area contributed by atoms with Crippen LogP contribution in [0.2, 0.25) is 0 Å². The van der Waals surface area contributed by atoms with Crippen molar-refractivity contribution in [2.45, 2.75) is 45.8 Å². The predicted octanol–water partition coefficient (Wildman–Crippen LogP) is 2.80. The smallest absolute Gasteiger partial charge is 0.278 e. The summed E-state index contributed by atoms with van der Waals surface area (Å²) in [6, 6.07) is 6.79. The van der Waals surface area contributed by atoms with Crippen LogP contribution in [-0.4, -0.2) is 52.4 Å². The van der Waals surface area contributed by atoms with Crippen molar-refractivity contribution in [1.29, 1.82) is 0 Å². The van der Waals surface area contributed by atoms with Crippen LogP contribution in [0.5, 0.6) is 5.75 Å². The fourth-order valence-corrected chi connectivity index (χ4v) is 4.53. The highest BCUT2D eigenvalue weighted by atomic mass is 16.5. The summed E-state index contributed by atoms with van der Waals surface area (Å²) in [6.45, 7) is 5.51. The van der Waals surface area contributed by atoms with Crippen molar-refractivity contribution in [3.05, 3.63) is 63.7 Å². The number of ketones is 1. The zero-order valence-corrected chi connectivity index (χ0v) is 20.4. The van der Waals surface area contributed by atoms with Crippen molar-refractivity contribution in [2.75, 3.05) is 25.1 Å². The van der Waals surface area contributed by atoms with Crippen molar-refractivity contribution in [1.82, 2.24) is 14.1 Å². The highest BCUT2D eigenvalue weighted by Gasteiger charge is 2.28. The van der Waals surface area contributed by atoms with Gasteiger partial charge in [0.1, 0.15) is 22.6 Å².